The van der Waals surface area contributed by atoms with E-state index in [1.54, 1.807) is 22.1 Å². The molecule has 146 valence electrons. The van der Waals surface area contributed by atoms with Crippen molar-refractivity contribution in [3.8, 4) is 10.6 Å². The van der Waals surface area contributed by atoms with Gasteiger partial charge < -0.3 is 5.32 Å². The van der Waals surface area contributed by atoms with Crippen LogP contribution in [0.25, 0.3) is 10.6 Å². The smallest absolute Gasteiger partial charge is 0.272 e. The van der Waals surface area contributed by atoms with Crippen LogP contribution in [0.3, 0.4) is 0 Å². The van der Waals surface area contributed by atoms with E-state index in [1.165, 1.54) is 5.56 Å². The van der Waals surface area contributed by atoms with Crippen molar-refractivity contribution in [1.82, 2.24) is 15.1 Å². The maximum absolute atomic E-state index is 12.7. The van der Waals surface area contributed by atoms with Crippen molar-refractivity contribution in [2.75, 3.05) is 11.5 Å². The van der Waals surface area contributed by atoms with E-state index in [2.05, 4.69) is 10.4 Å². The summed E-state index contributed by atoms with van der Waals surface area (Å²) in [5.74, 6) is -0.0358. The number of hydrogen-bond acceptors (Lipinski definition) is 5. The monoisotopic (exact) mass is 415 g/mol. The summed E-state index contributed by atoms with van der Waals surface area (Å²) in [4.78, 5) is 13.6. The summed E-state index contributed by atoms with van der Waals surface area (Å²) in [6.45, 7) is 2.43. The fourth-order valence-electron chi connectivity index (χ4n) is 3.34. The molecule has 0 aliphatic carbocycles. The molecule has 0 unspecified atom stereocenters. The van der Waals surface area contributed by atoms with Crippen LogP contribution >= 0.6 is 11.3 Å². The molecule has 1 amide bonds. The van der Waals surface area contributed by atoms with Gasteiger partial charge in [-0.05, 0) is 36.4 Å². The third-order valence-electron chi connectivity index (χ3n) is 4.87. The number of sulfone groups is 1. The molecule has 1 saturated heterocycles. The Morgan fingerprint density at radius 3 is 2.71 bits per heavy atom. The predicted octanol–water partition coefficient (Wildman–Crippen LogP) is 3.21. The van der Waals surface area contributed by atoms with Gasteiger partial charge >= 0.3 is 0 Å². The molecule has 1 aromatic carbocycles. The molecule has 1 atom stereocenters. The Morgan fingerprint density at radius 2 is 2.07 bits per heavy atom. The maximum atomic E-state index is 12.7. The van der Waals surface area contributed by atoms with Crippen LogP contribution in [-0.2, 0) is 16.4 Å². The molecule has 3 aromatic rings. The number of benzene rings is 1. The molecule has 28 heavy (non-hydrogen) atoms. The average molecular weight is 416 g/mol. The minimum Gasteiger partial charge on any atom is -0.347 e. The van der Waals surface area contributed by atoms with Gasteiger partial charge in [-0.2, -0.15) is 5.10 Å². The lowest BCUT2D eigenvalue weighted by molar-refractivity contribution is 0.0945. The first-order chi connectivity index (χ1) is 13.4. The van der Waals surface area contributed by atoms with E-state index >= 15 is 0 Å². The Kier molecular flexibility index (Phi) is 5.07. The van der Waals surface area contributed by atoms with E-state index < -0.39 is 9.84 Å². The number of amides is 1. The van der Waals surface area contributed by atoms with Crippen LogP contribution in [0.4, 0.5) is 0 Å². The fraction of sp³-hybridized carbons (Fsp3) is 0.300. The second-order valence-corrected chi connectivity index (χ2v) is 10.2. The highest BCUT2D eigenvalue weighted by Gasteiger charge is 2.32. The van der Waals surface area contributed by atoms with Crippen LogP contribution in [-0.4, -0.2) is 35.6 Å². The Morgan fingerprint density at radius 1 is 1.29 bits per heavy atom. The summed E-state index contributed by atoms with van der Waals surface area (Å²) in [6.07, 6.45) is 0.521. The van der Waals surface area contributed by atoms with Gasteiger partial charge in [-0.1, -0.05) is 35.9 Å². The zero-order chi connectivity index (χ0) is 19.7. The number of carbonyl (C=O) groups excluding carboxylic acids is 1. The zero-order valence-corrected chi connectivity index (χ0v) is 17.1. The largest absolute Gasteiger partial charge is 0.347 e. The van der Waals surface area contributed by atoms with Crippen LogP contribution in [0.15, 0.2) is 47.8 Å². The van der Waals surface area contributed by atoms with Gasteiger partial charge in [-0.25, -0.2) is 8.42 Å². The molecule has 6 nitrogen and oxygen atoms in total. The van der Waals surface area contributed by atoms with Crippen molar-refractivity contribution in [3.05, 3.63) is 64.7 Å². The van der Waals surface area contributed by atoms with Crippen molar-refractivity contribution in [3.63, 3.8) is 0 Å². The highest BCUT2D eigenvalue weighted by atomic mass is 32.2. The van der Waals surface area contributed by atoms with Gasteiger partial charge in [0.2, 0.25) is 0 Å². The van der Waals surface area contributed by atoms with E-state index in [-0.39, 0.29) is 23.5 Å². The van der Waals surface area contributed by atoms with Crippen LogP contribution < -0.4 is 5.32 Å². The van der Waals surface area contributed by atoms with E-state index in [9.17, 15) is 13.2 Å². The second-order valence-electron chi connectivity index (χ2n) is 7.06. The van der Waals surface area contributed by atoms with Gasteiger partial charge in [0.15, 0.2) is 15.5 Å². The van der Waals surface area contributed by atoms with Crippen molar-refractivity contribution in [2.45, 2.75) is 25.9 Å². The molecular weight excluding hydrogens is 394 g/mol. The van der Waals surface area contributed by atoms with E-state index in [0.29, 0.717) is 18.7 Å². The first-order valence-electron chi connectivity index (χ1n) is 9.09. The van der Waals surface area contributed by atoms with Crippen molar-refractivity contribution < 1.29 is 13.2 Å². The van der Waals surface area contributed by atoms with E-state index in [1.807, 2.05) is 48.7 Å². The minimum atomic E-state index is -3.05. The summed E-state index contributed by atoms with van der Waals surface area (Å²) in [5, 5.41) is 9.34. The van der Waals surface area contributed by atoms with Gasteiger partial charge in [0, 0.05) is 6.54 Å². The number of nitrogens with one attached hydrogen (secondary N) is 1. The summed E-state index contributed by atoms with van der Waals surface area (Å²) >= 11 is 1.54. The Hall–Kier alpha value is -2.45. The molecule has 3 heterocycles. The third kappa shape index (κ3) is 4.02. The van der Waals surface area contributed by atoms with Crippen LogP contribution in [0.5, 0.6) is 0 Å². The summed E-state index contributed by atoms with van der Waals surface area (Å²) in [6, 6.07) is 13.4. The molecule has 0 spiro atoms. The lowest BCUT2D eigenvalue weighted by atomic mass is 10.1. The van der Waals surface area contributed by atoms with E-state index in [0.717, 1.165) is 16.1 Å². The van der Waals surface area contributed by atoms with Crippen molar-refractivity contribution in [1.29, 1.82) is 0 Å². The molecule has 1 aliphatic rings. The molecule has 0 radical (unpaired) electrons. The number of nitrogens with zero attached hydrogens (tertiary/aromatic N) is 2. The Balaban J connectivity index is 1.58. The molecule has 1 N–H and O–H groups in total. The molecule has 2 aromatic heterocycles. The third-order valence-corrected chi connectivity index (χ3v) is 7.51. The van der Waals surface area contributed by atoms with Gasteiger partial charge in [-0.15, -0.1) is 11.3 Å². The maximum Gasteiger partial charge on any atom is 0.272 e. The number of thiophene rings is 1. The second kappa shape index (κ2) is 7.52. The molecule has 0 saturated carbocycles. The van der Waals surface area contributed by atoms with Crippen molar-refractivity contribution in [2.24, 2.45) is 0 Å². The molecule has 0 bridgehead atoms. The molecule has 1 aliphatic heterocycles. The summed E-state index contributed by atoms with van der Waals surface area (Å²) in [5.41, 5.74) is 3.28. The summed E-state index contributed by atoms with van der Waals surface area (Å²) < 4.78 is 25.6. The highest BCUT2D eigenvalue weighted by molar-refractivity contribution is 7.91. The SMILES string of the molecule is Cc1ccc(CNC(=O)c2cc(-c3cccs3)n([C@H]3CCS(=O)(=O)C3)n2)cc1. The van der Waals surface area contributed by atoms with Crippen LogP contribution in [0.1, 0.15) is 34.1 Å². The van der Waals surface area contributed by atoms with Gasteiger partial charge in [0.25, 0.3) is 5.91 Å². The van der Waals surface area contributed by atoms with Crippen molar-refractivity contribution >= 4 is 27.1 Å². The van der Waals surface area contributed by atoms with Gasteiger partial charge in [-0.3, -0.25) is 9.48 Å². The van der Waals surface area contributed by atoms with Gasteiger partial charge in [0.1, 0.15) is 0 Å². The zero-order valence-electron chi connectivity index (χ0n) is 15.5. The number of hydrogen-bond donors (Lipinski definition) is 1. The first-order valence-corrected chi connectivity index (χ1v) is 11.8. The van der Waals surface area contributed by atoms with Crippen LogP contribution in [0, 0.1) is 6.92 Å². The first kappa shape index (κ1) is 18.9. The number of carbonyl (C=O) groups is 1. The Labute approximate surface area is 168 Å². The fourth-order valence-corrected chi connectivity index (χ4v) is 5.77. The molecule has 8 heteroatoms. The van der Waals surface area contributed by atoms with Gasteiger partial charge in [0.05, 0.1) is 28.1 Å². The number of aromatic nitrogens is 2. The highest BCUT2D eigenvalue weighted by Crippen LogP contribution is 2.32. The number of rotatable bonds is 5. The standard InChI is InChI=1S/C20H21N3O3S2/c1-14-4-6-15(7-5-14)12-21-20(24)17-11-18(19-3-2-9-27-19)23(22-17)16-8-10-28(25,26)13-16/h2-7,9,11,16H,8,10,12-13H2,1H3,(H,21,24)/t16-/m0/s1. The molecule has 1 fully saturated rings. The predicted molar refractivity (Wildman–Crippen MR) is 110 cm³/mol. The average Bonchev–Trinajstić information content (AvgIpc) is 3.39. The minimum absolute atomic E-state index is 0.0669. The lowest BCUT2D eigenvalue weighted by Gasteiger charge is -2.12. The number of aryl methyl sites for hydroxylation is 1. The Bertz CT molecular complexity index is 1080. The molecule has 4 rings (SSSR count). The van der Waals surface area contributed by atoms with E-state index in [4.69, 9.17) is 0 Å². The van der Waals surface area contributed by atoms with Crippen LogP contribution in [0.2, 0.25) is 0 Å². The normalized spacial score (nSPS) is 18.2. The summed E-state index contributed by atoms with van der Waals surface area (Å²) in [7, 11) is -3.05. The topological polar surface area (TPSA) is 81.1 Å². The quantitative estimate of drug-likeness (QED) is 0.694. The molecular formula is C20H21N3O3S2. The lowest BCUT2D eigenvalue weighted by Crippen LogP contribution is -2.24.